The van der Waals surface area contributed by atoms with Gasteiger partial charge >= 0.3 is 5.97 Å². The van der Waals surface area contributed by atoms with Crippen LogP contribution in [0.1, 0.15) is 200 Å². The van der Waals surface area contributed by atoms with Gasteiger partial charge in [-0.05, 0) is 68.2 Å². The van der Waals surface area contributed by atoms with Gasteiger partial charge in [-0.3, -0.25) is 0 Å². The second-order valence-electron chi connectivity index (χ2n) is 13.9. The number of carbonyl (C=O) groups is 1. The number of hydrogen-bond donors (Lipinski definition) is 1. The molecule has 0 fully saturated rings. The second-order valence-corrected chi connectivity index (χ2v) is 13.9. The third-order valence-corrected chi connectivity index (χ3v) is 9.88. The minimum absolute atomic E-state index is 0.0956. The Labute approximate surface area is 285 Å². The Morgan fingerprint density at radius 1 is 0.674 bits per heavy atom. The molecular formula is C42H74O4. The summed E-state index contributed by atoms with van der Waals surface area (Å²) in [4.78, 5) is 13.7. The lowest BCUT2D eigenvalue weighted by atomic mass is 9.73. The Kier molecular flexibility index (Phi) is 25.7. The molecule has 1 N–H and O–H groups in total. The van der Waals surface area contributed by atoms with E-state index < -0.39 is 5.60 Å². The Balaban J connectivity index is 3.14. The fraction of sp³-hybridized carbons (Fsp3) is 0.786. The molecular weight excluding hydrogens is 568 g/mol. The van der Waals surface area contributed by atoms with Crippen molar-refractivity contribution in [3.63, 3.8) is 0 Å². The summed E-state index contributed by atoms with van der Waals surface area (Å²) < 4.78 is 12.0. The number of unbranched alkanes of at least 4 members (excludes halogenated alkanes) is 18. The molecule has 46 heavy (non-hydrogen) atoms. The standard InChI is InChI=1S/C42H74O4/c1-6-10-14-18-19-20-21-22-23-25-29-38(28-24-15-11-7-2)42(34-26-16-12-8-3,35-27-17-13-9-4)46-41(44)33-31-37-30-32-39(43)40(36-37)45-5/h30-33,36,38,43H,6-29,34-35H2,1-5H3. The number of aromatic hydroxyl groups is 1. The van der Waals surface area contributed by atoms with Crippen molar-refractivity contribution in [3.05, 3.63) is 29.8 Å². The van der Waals surface area contributed by atoms with Gasteiger partial charge in [-0.15, -0.1) is 0 Å². The highest BCUT2D eigenvalue weighted by Crippen LogP contribution is 2.41. The molecule has 0 aliphatic rings. The lowest BCUT2D eigenvalue weighted by Crippen LogP contribution is -2.43. The third kappa shape index (κ3) is 19.0. The molecule has 0 amide bonds. The summed E-state index contributed by atoms with van der Waals surface area (Å²) in [6.45, 7) is 9.10. The van der Waals surface area contributed by atoms with Crippen molar-refractivity contribution < 1.29 is 19.4 Å². The van der Waals surface area contributed by atoms with Gasteiger partial charge in [0.15, 0.2) is 11.5 Å². The van der Waals surface area contributed by atoms with Crippen molar-refractivity contribution in [2.45, 2.75) is 200 Å². The molecule has 0 aliphatic heterocycles. The lowest BCUT2D eigenvalue weighted by molar-refractivity contribution is -0.164. The number of benzene rings is 1. The summed E-state index contributed by atoms with van der Waals surface area (Å²) in [5, 5.41) is 10.0. The summed E-state index contributed by atoms with van der Waals surface area (Å²) in [7, 11) is 1.54. The van der Waals surface area contributed by atoms with Gasteiger partial charge in [0.25, 0.3) is 0 Å². The Morgan fingerprint density at radius 2 is 1.11 bits per heavy atom. The van der Waals surface area contributed by atoms with Crippen molar-refractivity contribution in [3.8, 4) is 11.5 Å². The van der Waals surface area contributed by atoms with Crippen LogP contribution in [0.5, 0.6) is 11.5 Å². The summed E-state index contributed by atoms with van der Waals surface area (Å²) in [5.74, 6) is 0.672. The number of hydrogen-bond acceptors (Lipinski definition) is 4. The summed E-state index contributed by atoms with van der Waals surface area (Å²) in [5.41, 5.74) is 0.408. The molecule has 0 aliphatic carbocycles. The van der Waals surface area contributed by atoms with E-state index in [-0.39, 0.29) is 11.7 Å². The van der Waals surface area contributed by atoms with Crippen molar-refractivity contribution >= 4 is 12.0 Å². The number of esters is 1. The molecule has 0 radical (unpaired) electrons. The molecule has 4 nitrogen and oxygen atoms in total. The minimum Gasteiger partial charge on any atom is -0.504 e. The molecule has 4 heteroatoms. The minimum atomic E-state index is -0.402. The first kappa shape index (κ1) is 42.1. The van der Waals surface area contributed by atoms with Gasteiger partial charge in [-0.1, -0.05) is 162 Å². The molecule has 0 saturated carbocycles. The predicted octanol–water partition coefficient (Wildman–Crippen LogP) is 13.5. The first-order valence-corrected chi connectivity index (χ1v) is 19.7. The van der Waals surface area contributed by atoms with Crippen LogP contribution in [0.25, 0.3) is 6.08 Å². The smallest absolute Gasteiger partial charge is 0.331 e. The Morgan fingerprint density at radius 3 is 1.59 bits per heavy atom. The highest BCUT2D eigenvalue weighted by molar-refractivity contribution is 5.87. The van der Waals surface area contributed by atoms with Crippen LogP contribution < -0.4 is 4.74 Å². The molecule has 1 aromatic rings. The molecule has 266 valence electrons. The zero-order valence-electron chi connectivity index (χ0n) is 31.0. The largest absolute Gasteiger partial charge is 0.504 e. The summed E-state index contributed by atoms with van der Waals surface area (Å²) >= 11 is 0. The van der Waals surface area contributed by atoms with E-state index in [1.807, 2.05) is 0 Å². The zero-order chi connectivity index (χ0) is 33.7. The van der Waals surface area contributed by atoms with Crippen LogP contribution in [0.2, 0.25) is 0 Å². The second kappa shape index (κ2) is 28.1. The van der Waals surface area contributed by atoms with Gasteiger partial charge in [0.1, 0.15) is 5.60 Å². The number of carbonyl (C=O) groups excluding carboxylic acids is 1. The number of rotatable bonds is 31. The van der Waals surface area contributed by atoms with E-state index in [0.717, 1.165) is 44.1 Å². The maximum absolute atomic E-state index is 13.7. The van der Waals surface area contributed by atoms with Crippen LogP contribution in [-0.2, 0) is 9.53 Å². The maximum atomic E-state index is 13.7. The van der Waals surface area contributed by atoms with E-state index in [9.17, 15) is 9.90 Å². The van der Waals surface area contributed by atoms with Crippen LogP contribution in [0, 0.1) is 5.92 Å². The van der Waals surface area contributed by atoms with Crippen molar-refractivity contribution in [1.82, 2.24) is 0 Å². The van der Waals surface area contributed by atoms with Crippen molar-refractivity contribution in [2.24, 2.45) is 5.92 Å². The van der Waals surface area contributed by atoms with Gasteiger partial charge < -0.3 is 14.6 Å². The number of ether oxygens (including phenoxy) is 2. The third-order valence-electron chi connectivity index (χ3n) is 9.88. The summed E-state index contributed by atoms with van der Waals surface area (Å²) in [6, 6.07) is 5.16. The lowest BCUT2D eigenvalue weighted by Gasteiger charge is -2.41. The molecule has 1 atom stereocenters. The topological polar surface area (TPSA) is 55.8 Å². The van der Waals surface area contributed by atoms with Gasteiger partial charge in [0.2, 0.25) is 0 Å². The average Bonchev–Trinajstić information content (AvgIpc) is 3.06. The number of methoxy groups -OCH3 is 1. The fourth-order valence-electron chi connectivity index (χ4n) is 6.98. The monoisotopic (exact) mass is 643 g/mol. The highest BCUT2D eigenvalue weighted by Gasteiger charge is 2.40. The quantitative estimate of drug-likeness (QED) is 0.0497. The molecule has 1 aromatic carbocycles. The Bertz CT molecular complexity index is 880. The van der Waals surface area contributed by atoms with E-state index in [4.69, 9.17) is 9.47 Å². The molecule has 0 saturated heterocycles. The van der Waals surface area contributed by atoms with Crippen LogP contribution in [0.15, 0.2) is 24.3 Å². The molecule has 0 aromatic heterocycles. The van der Waals surface area contributed by atoms with Gasteiger partial charge in [-0.25, -0.2) is 4.79 Å². The molecule has 1 unspecified atom stereocenters. The predicted molar refractivity (Wildman–Crippen MR) is 199 cm³/mol. The summed E-state index contributed by atoms with van der Waals surface area (Å²) in [6.07, 6.45) is 35.7. The average molecular weight is 643 g/mol. The Hall–Kier alpha value is -1.97. The first-order valence-electron chi connectivity index (χ1n) is 19.7. The van der Waals surface area contributed by atoms with E-state index in [1.165, 1.54) is 136 Å². The van der Waals surface area contributed by atoms with Crippen LogP contribution in [-0.4, -0.2) is 23.8 Å². The van der Waals surface area contributed by atoms with Crippen molar-refractivity contribution in [1.29, 1.82) is 0 Å². The molecule has 0 bridgehead atoms. The zero-order valence-corrected chi connectivity index (χ0v) is 31.0. The molecule has 0 heterocycles. The SMILES string of the molecule is CCCCCCCCCCCCC(CCCCCC)C(CCCCCC)(CCCCCC)OC(=O)C=Cc1ccc(O)c(OC)c1. The number of phenolic OH excluding ortho intramolecular Hbond substituents is 1. The van der Waals surface area contributed by atoms with Gasteiger partial charge in [0, 0.05) is 6.08 Å². The molecule has 0 spiro atoms. The molecule has 1 rings (SSSR count). The fourth-order valence-corrected chi connectivity index (χ4v) is 6.98. The highest BCUT2D eigenvalue weighted by atomic mass is 16.6. The van der Waals surface area contributed by atoms with E-state index in [0.29, 0.717) is 11.7 Å². The van der Waals surface area contributed by atoms with E-state index in [2.05, 4.69) is 27.7 Å². The van der Waals surface area contributed by atoms with Gasteiger partial charge in [-0.2, -0.15) is 0 Å². The van der Waals surface area contributed by atoms with Crippen molar-refractivity contribution in [2.75, 3.05) is 7.11 Å². The van der Waals surface area contributed by atoms with E-state index >= 15 is 0 Å². The van der Waals surface area contributed by atoms with Crippen LogP contribution in [0.3, 0.4) is 0 Å². The van der Waals surface area contributed by atoms with Crippen LogP contribution >= 0.6 is 0 Å². The first-order chi connectivity index (χ1) is 22.5. The normalized spacial score (nSPS) is 12.5. The maximum Gasteiger partial charge on any atom is 0.331 e. The number of phenols is 1. The van der Waals surface area contributed by atoms with Gasteiger partial charge in [0.05, 0.1) is 7.11 Å². The van der Waals surface area contributed by atoms with Crippen LogP contribution in [0.4, 0.5) is 0 Å². The van der Waals surface area contributed by atoms with E-state index in [1.54, 1.807) is 30.4 Å².